The minimum atomic E-state index is -0.588. The molecule has 0 aliphatic heterocycles. The first-order valence-electron chi connectivity index (χ1n) is 7.39. The average Bonchev–Trinajstić information content (AvgIpc) is 2.31. The van der Waals surface area contributed by atoms with Gasteiger partial charge in [-0.2, -0.15) is 0 Å². The zero-order valence-corrected chi connectivity index (χ0v) is 12.1. The van der Waals surface area contributed by atoms with E-state index in [4.69, 9.17) is 5.73 Å². The molecule has 3 heteroatoms. The Bertz CT molecular complexity index is 419. The minimum absolute atomic E-state index is 0.588. The van der Waals surface area contributed by atoms with Crippen LogP contribution in [0, 0.1) is 11.8 Å². The van der Waals surface area contributed by atoms with Gasteiger partial charge in [0.1, 0.15) is 0 Å². The van der Waals surface area contributed by atoms with Crippen LogP contribution in [0.1, 0.15) is 51.5 Å². The molecule has 1 saturated carbocycles. The van der Waals surface area contributed by atoms with Gasteiger partial charge in [0.15, 0.2) is 0 Å². The normalized spacial score (nSPS) is 27.7. The Kier molecular flexibility index (Phi) is 4.46. The maximum atomic E-state index is 10.8. The van der Waals surface area contributed by atoms with Crippen molar-refractivity contribution >= 4 is 5.69 Å². The molecule has 3 N–H and O–H groups in total. The van der Waals surface area contributed by atoms with Gasteiger partial charge in [0.2, 0.25) is 0 Å². The fraction of sp³-hybridized carbons (Fsp3) is 0.688. The van der Waals surface area contributed by atoms with Gasteiger partial charge < -0.3 is 10.8 Å². The molecule has 0 aromatic carbocycles. The standard InChI is InChI=1S/C16H26N2O/c1-12(2)8-13-4-3-6-16(19,9-13)10-14-11-18-7-5-15(14)17/h5,7,11-13,19H,3-4,6,8-10H2,1-2H3,(H2,17,18). The van der Waals surface area contributed by atoms with Gasteiger partial charge in [-0.25, -0.2) is 0 Å². The molecule has 0 amide bonds. The highest BCUT2D eigenvalue weighted by Crippen LogP contribution is 2.38. The lowest BCUT2D eigenvalue weighted by Gasteiger charge is -2.37. The molecule has 0 bridgehead atoms. The maximum Gasteiger partial charge on any atom is 0.0692 e. The first kappa shape index (κ1) is 14.3. The zero-order chi connectivity index (χ0) is 13.9. The van der Waals surface area contributed by atoms with Crippen molar-refractivity contribution in [3.8, 4) is 0 Å². The van der Waals surface area contributed by atoms with Crippen LogP contribution < -0.4 is 5.73 Å². The van der Waals surface area contributed by atoms with E-state index in [1.165, 1.54) is 12.8 Å². The van der Waals surface area contributed by atoms with Crippen LogP contribution >= 0.6 is 0 Å². The second-order valence-corrected chi connectivity index (χ2v) is 6.57. The van der Waals surface area contributed by atoms with Gasteiger partial charge in [-0.1, -0.05) is 26.7 Å². The van der Waals surface area contributed by atoms with Gasteiger partial charge in [-0.3, -0.25) is 4.98 Å². The smallest absolute Gasteiger partial charge is 0.0692 e. The van der Waals surface area contributed by atoms with Crippen LogP contribution in [-0.2, 0) is 6.42 Å². The molecule has 1 heterocycles. The number of aromatic nitrogens is 1. The van der Waals surface area contributed by atoms with E-state index in [0.717, 1.165) is 30.5 Å². The molecule has 19 heavy (non-hydrogen) atoms. The number of hydrogen-bond donors (Lipinski definition) is 2. The SMILES string of the molecule is CC(C)CC1CCCC(O)(Cc2cnccc2N)C1. The molecule has 1 aliphatic carbocycles. The molecule has 106 valence electrons. The van der Waals surface area contributed by atoms with Crippen molar-refractivity contribution in [1.29, 1.82) is 0 Å². The summed E-state index contributed by atoms with van der Waals surface area (Å²) in [6.45, 7) is 4.51. The van der Waals surface area contributed by atoms with Gasteiger partial charge in [0, 0.05) is 24.5 Å². The molecule has 1 aromatic heterocycles. The number of hydrogen-bond acceptors (Lipinski definition) is 3. The van der Waals surface area contributed by atoms with Crippen LogP contribution in [0.25, 0.3) is 0 Å². The number of nitrogen functional groups attached to an aromatic ring is 1. The lowest BCUT2D eigenvalue weighted by atomic mass is 9.73. The molecular formula is C16H26N2O. The first-order chi connectivity index (χ1) is 8.98. The second kappa shape index (κ2) is 5.91. The maximum absolute atomic E-state index is 10.8. The Labute approximate surface area is 116 Å². The van der Waals surface area contributed by atoms with Crippen molar-refractivity contribution < 1.29 is 5.11 Å². The van der Waals surface area contributed by atoms with E-state index < -0.39 is 5.60 Å². The lowest BCUT2D eigenvalue weighted by Crippen LogP contribution is -2.38. The monoisotopic (exact) mass is 262 g/mol. The molecular weight excluding hydrogens is 236 g/mol. The summed E-state index contributed by atoms with van der Waals surface area (Å²) in [5.41, 5.74) is 7.10. The number of anilines is 1. The summed E-state index contributed by atoms with van der Waals surface area (Å²) in [6.07, 6.45) is 9.50. The molecule has 2 unspecified atom stereocenters. The van der Waals surface area contributed by atoms with E-state index in [-0.39, 0.29) is 0 Å². The largest absolute Gasteiger partial charge is 0.398 e. The summed E-state index contributed by atoms with van der Waals surface area (Å²) >= 11 is 0. The Morgan fingerprint density at radius 3 is 3.00 bits per heavy atom. The van der Waals surface area contributed by atoms with E-state index in [1.807, 2.05) is 6.07 Å². The third-order valence-electron chi connectivity index (χ3n) is 4.19. The van der Waals surface area contributed by atoms with Gasteiger partial charge >= 0.3 is 0 Å². The number of nitrogens with zero attached hydrogens (tertiary/aromatic N) is 1. The third kappa shape index (κ3) is 3.93. The van der Waals surface area contributed by atoms with Crippen molar-refractivity contribution in [3.63, 3.8) is 0 Å². The molecule has 1 aliphatic rings. The molecule has 0 radical (unpaired) electrons. The Morgan fingerprint density at radius 1 is 1.53 bits per heavy atom. The average molecular weight is 262 g/mol. The Balaban J connectivity index is 2.03. The number of pyridine rings is 1. The van der Waals surface area contributed by atoms with Crippen molar-refractivity contribution in [2.75, 3.05) is 5.73 Å². The number of rotatable bonds is 4. The van der Waals surface area contributed by atoms with Crippen LogP contribution in [0.4, 0.5) is 5.69 Å². The third-order valence-corrected chi connectivity index (χ3v) is 4.19. The predicted octanol–water partition coefficient (Wildman–Crippen LogP) is 3.17. The van der Waals surface area contributed by atoms with E-state index in [1.54, 1.807) is 12.4 Å². The predicted molar refractivity (Wildman–Crippen MR) is 78.7 cm³/mol. The molecule has 1 aromatic rings. The van der Waals surface area contributed by atoms with E-state index in [2.05, 4.69) is 18.8 Å². The Hall–Kier alpha value is -1.09. The second-order valence-electron chi connectivity index (χ2n) is 6.57. The quantitative estimate of drug-likeness (QED) is 0.876. The highest BCUT2D eigenvalue weighted by molar-refractivity contribution is 5.45. The summed E-state index contributed by atoms with van der Waals surface area (Å²) in [5.74, 6) is 1.35. The summed E-state index contributed by atoms with van der Waals surface area (Å²) in [5, 5.41) is 10.8. The summed E-state index contributed by atoms with van der Waals surface area (Å²) in [4.78, 5) is 4.12. The van der Waals surface area contributed by atoms with Crippen LogP contribution in [0.15, 0.2) is 18.5 Å². The van der Waals surface area contributed by atoms with Gasteiger partial charge in [0.05, 0.1) is 5.60 Å². The van der Waals surface area contributed by atoms with Gasteiger partial charge in [-0.15, -0.1) is 0 Å². The van der Waals surface area contributed by atoms with Crippen LogP contribution in [-0.4, -0.2) is 15.7 Å². The molecule has 0 spiro atoms. The topological polar surface area (TPSA) is 59.1 Å². The van der Waals surface area contributed by atoms with E-state index >= 15 is 0 Å². The van der Waals surface area contributed by atoms with Crippen molar-refractivity contribution in [2.24, 2.45) is 11.8 Å². The van der Waals surface area contributed by atoms with Crippen LogP contribution in [0.3, 0.4) is 0 Å². The van der Waals surface area contributed by atoms with E-state index in [9.17, 15) is 5.11 Å². The Morgan fingerprint density at radius 2 is 2.32 bits per heavy atom. The molecule has 1 fully saturated rings. The molecule has 3 nitrogen and oxygen atoms in total. The zero-order valence-electron chi connectivity index (χ0n) is 12.1. The fourth-order valence-electron chi connectivity index (χ4n) is 3.43. The van der Waals surface area contributed by atoms with Gasteiger partial charge in [0.25, 0.3) is 0 Å². The summed E-state index contributed by atoms with van der Waals surface area (Å²) in [6, 6.07) is 1.81. The van der Waals surface area contributed by atoms with Crippen LogP contribution in [0.5, 0.6) is 0 Å². The van der Waals surface area contributed by atoms with Crippen molar-refractivity contribution in [2.45, 2.75) is 58.0 Å². The number of aliphatic hydroxyl groups is 1. The van der Waals surface area contributed by atoms with Crippen molar-refractivity contribution in [3.05, 3.63) is 24.0 Å². The lowest BCUT2D eigenvalue weighted by molar-refractivity contribution is -0.0188. The van der Waals surface area contributed by atoms with Crippen LogP contribution in [0.2, 0.25) is 0 Å². The minimum Gasteiger partial charge on any atom is -0.398 e. The van der Waals surface area contributed by atoms with Crippen molar-refractivity contribution in [1.82, 2.24) is 4.98 Å². The molecule has 2 rings (SSSR count). The molecule has 0 saturated heterocycles. The van der Waals surface area contributed by atoms with Gasteiger partial charge in [-0.05, 0) is 42.7 Å². The fourth-order valence-corrected chi connectivity index (χ4v) is 3.43. The highest BCUT2D eigenvalue weighted by Gasteiger charge is 2.34. The van der Waals surface area contributed by atoms with E-state index in [0.29, 0.717) is 18.3 Å². The summed E-state index contributed by atoms with van der Waals surface area (Å²) < 4.78 is 0. The number of nitrogens with two attached hydrogens (primary N) is 1. The summed E-state index contributed by atoms with van der Waals surface area (Å²) in [7, 11) is 0. The highest BCUT2D eigenvalue weighted by atomic mass is 16.3. The molecule has 2 atom stereocenters. The first-order valence-corrected chi connectivity index (χ1v) is 7.39.